The lowest BCUT2D eigenvalue weighted by atomic mass is 9.57. The number of hydrogen-bond donors (Lipinski definition) is 2. The maximum atomic E-state index is 13.3. The van der Waals surface area contributed by atoms with Crippen LogP contribution in [0.2, 0.25) is 0 Å². The van der Waals surface area contributed by atoms with Crippen LogP contribution in [-0.4, -0.2) is 37.7 Å². The molecule has 11 heteroatoms. The molecule has 0 aromatic heterocycles. The summed E-state index contributed by atoms with van der Waals surface area (Å²) in [6.45, 7) is 4.32. The average molecular weight is 491 g/mol. The number of alkyl halides is 3. The van der Waals surface area contributed by atoms with E-state index < -0.39 is 48.9 Å². The maximum Gasteiger partial charge on any atom is 0.416 e. The van der Waals surface area contributed by atoms with Crippen molar-refractivity contribution < 1.29 is 35.9 Å². The summed E-state index contributed by atoms with van der Waals surface area (Å²) in [5.41, 5.74) is -2.92. The molecule has 0 saturated heterocycles. The van der Waals surface area contributed by atoms with E-state index in [2.05, 4.69) is 10.0 Å². The van der Waals surface area contributed by atoms with Crippen LogP contribution >= 0.6 is 0 Å². The van der Waals surface area contributed by atoms with Crippen LogP contribution in [-0.2, 0) is 25.7 Å². The Hall–Kier alpha value is -2.30. The highest BCUT2D eigenvalue weighted by Gasteiger charge is 2.53. The average Bonchev–Trinajstić information content (AvgIpc) is 2.72. The fourth-order valence-electron chi connectivity index (χ4n) is 4.50. The fraction of sp³-hybridized carbons (Fsp3) is 0.636. The van der Waals surface area contributed by atoms with E-state index in [1.54, 1.807) is 0 Å². The second kappa shape index (κ2) is 8.18. The van der Waals surface area contributed by atoms with Gasteiger partial charge in [-0.15, -0.1) is 0 Å². The van der Waals surface area contributed by atoms with Gasteiger partial charge in [0.25, 0.3) is 5.91 Å². The molecule has 0 unspecified atom stereocenters. The maximum absolute atomic E-state index is 13.3. The molecule has 3 aliphatic rings. The van der Waals surface area contributed by atoms with Crippen molar-refractivity contribution in [3.8, 4) is 0 Å². The van der Waals surface area contributed by atoms with E-state index in [9.17, 15) is 31.2 Å². The summed E-state index contributed by atoms with van der Waals surface area (Å²) in [6.07, 6.45) is -1.74. The predicted octanol–water partition coefficient (Wildman–Crippen LogP) is 4.24. The summed E-state index contributed by atoms with van der Waals surface area (Å²) in [4.78, 5) is 25.4. The van der Waals surface area contributed by atoms with Crippen molar-refractivity contribution in [1.29, 1.82) is 0 Å². The summed E-state index contributed by atoms with van der Waals surface area (Å²) < 4.78 is 71.2. The number of rotatable bonds is 5. The van der Waals surface area contributed by atoms with Crippen LogP contribution in [0.5, 0.6) is 0 Å². The molecule has 1 amide bonds. The van der Waals surface area contributed by atoms with Crippen LogP contribution in [0.4, 0.5) is 18.9 Å². The third kappa shape index (κ3) is 4.83. The second-order valence-corrected chi connectivity index (χ2v) is 12.4. The minimum absolute atomic E-state index is 0.220. The minimum Gasteiger partial charge on any atom is -0.469 e. The van der Waals surface area contributed by atoms with E-state index in [0.717, 1.165) is 12.1 Å². The van der Waals surface area contributed by atoms with Gasteiger partial charge in [0.1, 0.15) is 0 Å². The summed E-state index contributed by atoms with van der Waals surface area (Å²) in [5.74, 6) is -1.07. The topological polar surface area (TPSA) is 102 Å². The predicted molar refractivity (Wildman–Crippen MR) is 116 cm³/mol. The smallest absolute Gasteiger partial charge is 0.416 e. The van der Waals surface area contributed by atoms with Crippen molar-refractivity contribution in [2.24, 2.45) is 5.41 Å². The molecule has 0 spiro atoms. The molecule has 7 nitrogen and oxygen atoms in total. The first-order valence-electron chi connectivity index (χ1n) is 10.7. The SMILES string of the molecule is COC(=O)C12CCC(NC(=O)c3cc(C(F)(F)F)ccc3NS(=O)(=O)C(C)(C)C)(CC1)CC2. The largest absolute Gasteiger partial charge is 0.469 e. The number of esters is 1. The molecule has 184 valence electrons. The number of benzene rings is 1. The van der Waals surface area contributed by atoms with E-state index in [1.165, 1.54) is 27.9 Å². The van der Waals surface area contributed by atoms with E-state index in [0.29, 0.717) is 44.6 Å². The molecule has 1 aromatic rings. The van der Waals surface area contributed by atoms with E-state index >= 15 is 0 Å². The summed E-state index contributed by atoms with van der Waals surface area (Å²) in [6, 6.07) is 2.36. The number of anilines is 1. The molecule has 3 aliphatic carbocycles. The molecule has 0 aliphatic heterocycles. The summed E-state index contributed by atoms with van der Waals surface area (Å²) >= 11 is 0. The van der Waals surface area contributed by atoms with Gasteiger partial charge in [0.15, 0.2) is 0 Å². The number of ether oxygens (including phenoxy) is 1. The van der Waals surface area contributed by atoms with Crippen LogP contribution in [0, 0.1) is 5.41 Å². The van der Waals surface area contributed by atoms with Crippen molar-refractivity contribution in [3.05, 3.63) is 29.3 Å². The highest BCUT2D eigenvalue weighted by Crippen LogP contribution is 2.53. The third-order valence-corrected chi connectivity index (χ3v) is 8.99. The Balaban J connectivity index is 1.91. The molecule has 3 fully saturated rings. The zero-order valence-corrected chi connectivity index (χ0v) is 19.9. The molecule has 2 N–H and O–H groups in total. The molecule has 2 bridgehead atoms. The van der Waals surface area contributed by atoms with Crippen LogP contribution in [0.1, 0.15) is 75.2 Å². The van der Waals surface area contributed by atoms with Gasteiger partial charge in [-0.1, -0.05) is 0 Å². The van der Waals surface area contributed by atoms with Crippen LogP contribution in [0.3, 0.4) is 0 Å². The first-order chi connectivity index (χ1) is 15.0. The normalized spacial score (nSPS) is 25.4. The van der Waals surface area contributed by atoms with Gasteiger partial charge < -0.3 is 10.1 Å². The van der Waals surface area contributed by atoms with Gasteiger partial charge in [0.05, 0.1) is 34.1 Å². The zero-order chi connectivity index (χ0) is 24.9. The van der Waals surface area contributed by atoms with E-state index in [-0.39, 0.29) is 11.7 Å². The highest BCUT2D eigenvalue weighted by molar-refractivity contribution is 7.94. The molecule has 0 heterocycles. The standard InChI is InChI=1S/C22H29F3N2O5S/c1-19(2,3)33(30,31)27-16-6-5-14(22(23,24)25)13-15(16)17(28)26-21-10-7-20(8-11-21,9-12-21)18(29)32-4/h5-6,13,27H,7-12H2,1-4H3,(H,26,28). The Morgan fingerprint density at radius 3 is 2.00 bits per heavy atom. The highest BCUT2D eigenvalue weighted by atomic mass is 32.2. The van der Waals surface area contributed by atoms with Crippen LogP contribution in [0.15, 0.2) is 18.2 Å². The van der Waals surface area contributed by atoms with Crippen molar-refractivity contribution in [3.63, 3.8) is 0 Å². The summed E-state index contributed by atoms with van der Waals surface area (Å²) in [7, 11) is -2.65. The van der Waals surface area contributed by atoms with Crippen molar-refractivity contribution in [1.82, 2.24) is 5.32 Å². The Kier molecular flexibility index (Phi) is 6.27. The second-order valence-electron chi connectivity index (χ2n) is 9.98. The Bertz CT molecular complexity index is 1040. The van der Waals surface area contributed by atoms with E-state index in [1.807, 2.05) is 0 Å². The van der Waals surface area contributed by atoms with Gasteiger partial charge in [-0.2, -0.15) is 13.2 Å². The molecule has 33 heavy (non-hydrogen) atoms. The fourth-order valence-corrected chi connectivity index (χ4v) is 5.27. The van der Waals surface area contributed by atoms with Crippen LogP contribution in [0.25, 0.3) is 0 Å². The summed E-state index contributed by atoms with van der Waals surface area (Å²) in [5, 5.41) is 2.86. The van der Waals surface area contributed by atoms with Gasteiger partial charge in [-0.25, -0.2) is 8.42 Å². The number of carbonyl (C=O) groups excluding carboxylic acids is 2. The first-order valence-corrected chi connectivity index (χ1v) is 12.2. The molecular weight excluding hydrogens is 461 g/mol. The Morgan fingerprint density at radius 2 is 1.55 bits per heavy atom. The van der Waals surface area contributed by atoms with Crippen molar-refractivity contribution in [2.75, 3.05) is 11.8 Å². The number of amides is 1. The quantitative estimate of drug-likeness (QED) is 0.601. The number of halogens is 3. The zero-order valence-electron chi connectivity index (χ0n) is 19.1. The van der Waals surface area contributed by atoms with Gasteiger partial charge >= 0.3 is 12.1 Å². The van der Waals surface area contributed by atoms with Gasteiger partial charge in [-0.05, 0) is 77.5 Å². The molecular formula is C22H29F3N2O5S. The molecule has 1 aromatic carbocycles. The monoisotopic (exact) mass is 490 g/mol. The number of methoxy groups -OCH3 is 1. The molecule has 4 rings (SSSR count). The lowest BCUT2D eigenvalue weighted by Gasteiger charge is -2.52. The first kappa shape index (κ1) is 25.3. The number of nitrogens with one attached hydrogen (secondary N) is 2. The number of sulfonamides is 1. The van der Waals surface area contributed by atoms with E-state index in [4.69, 9.17) is 4.74 Å². The molecule has 3 saturated carbocycles. The Morgan fingerprint density at radius 1 is 1.00 bits per heavy atom. The lowest BCUT2D eigenvalue weighted by Crippen LogP contribution is -2.58. The van der Waals surface area contributed by atoms with Gasteiger partial charge in [-0.3, -0.25) is 14.3 Å². The van der Waals surface area contributed by atoms with Gasteiger partial charge in [0.2, 0.25) is 10.0 Å². The number of fused-ring (bicyclic) bond motifs is 3. The van der Waals surface area contributed by atoms with Crippen LogP contribution < -0.4 is 10.0 Å². The van der Waals surface area contributed by atoms with Crippen molar-refractivity contribution in [2.45, 2.75) is 75.8 Å². The third-order valence-electron chi connectivity index (χ3n) is 6.89. The minimum atomic E-state index is -4.70. The Labute approximate surface area is 191 Å². The molecule has 0 atom stereocenters. The number of carbonyl (C=O) groups is 2. The number of hydrogen-bond acceptors (Lipinski definition) is 5. The molecule has 0 radical (unpaired) electrons. The lowest BCUT2D eigenvalue weighted by molar-refractivity contribution is -0.160. The van der Waals surface area contributed by atoms with Gasteiger partial charge in [0, 0.05) is 5.54 Å². The van der Waals surface area contributed by atoms with Crippen molar-refractivity contribution >= 4 is 27.6 Å².